The van der Waals surface area contributed by atoms with E-state index < -0.39 is 5.72 Å². The lowest BCUT2D eigenvalue weighted by Gasteiger charge is -2.41. The second-order valence-electron chi connectivity index (χ2n) is 5.24. The Labute approximate surface area is 99.2 Å². The maximum atomic E-state index is 9.86. The van der Waals surface area contributed by atoms with Gasteiger partial charge in [0.05, 0.1) is 12.7 Å². The van der Waals surface area contributed by atoms with E-state index in [0.29, 0.717) is 6.10 Å². The van der Waals surface area contributed by atoms with Crippen LogP contribution in [0.4, 0.5) is 0 Å². The second kappa shape index (κ2) is 5.96. The summed E-state index contributed by atoms with van der Waals surface area (Å²) in [5.41, 5.74) is -0.680. The van der Waals surface area contributed by atoms with E-state index in [1.54, 1.807) is 0 Å². The van der Waals surface area contributed by atoms with Crippen LogP contribution in [0.5, 0.6) is 0 Å². The van der Waals surface area contributed by atoms with Crippen molar-refractivity contribution in [3.63, 3.8) is 0 Å². The molecule has 1 heterocycles. The fourth-order valence-electron chi connectivity index (χ4n) is 1.94. The zero-order valence-corrected chi connectivity index (χ0v) is 11.1. The molecule has 4 nitrogen and oxygen atoms in total. The van der Waals surface area contributed by atoms with Crippen molar-refractivity contribution in [2.75, 3.05) is 39.3 Å². The van der Waals surface area contributed by atoms with Crippen LogP contribution < -0.4 is 0 Å². The minimum absolute atomic E-state index is 0.317. The van der Waals surface area contributed by atoms with E-state index in [9.17, 15) is 5.11 Å². The molecule has 0 spiro atoms. The van der Waals surface area contributed by atoms with Gasteiger partial charge in [-0.05, 0) is 27.7 Å². The van der Waals surface area contributed by atoms with E-state index in [1.807, 2.05) is 13.8 Å². The Balaban J connectivity index is 2.17. The summed E-state index contributed by atoms with van der Waals surface area (Å²) in [6, 6.07) is 0. The van der Waals surface area contributed by atoms with E-state index in [1.165, 1.54) is 0 Å². The zero-order valence-electron chi connectivity index (χ0n) is 11.1. The van der Waals surface area contributed by atoms with E-state index in [0.717, 1.165) is 39.3 Å². The third-order valence-electron chi connectivity index (χ3n) is 3.00. The number of nitrogens with zero attached hydrogens (tertiary/aromatic N) is 2. The van der Waals surface area contributed by atoms with Gasteiger partial charge in [-0.3, -0.25) is 9.80 Å². The largest absolute Gasteiger partial charge is 0.377 e. The lowest BCUT2D eigenvalue weighted by atomic mass is 10.2. The van der Waals surface area contributed by atoms with Gasteiger partial charge in [-0.2, -0.15) is 0 Å². The molecule has 0 atom stereocenters. The van der Waals surface area contributed by atoms with Crippen molar-refractivity contribution < 1.29 is 9.84 Å². The Morgan fingerprint density at radius 1 is 1.19 bits per heavy atom. The summed E-state index contributed by atoms with van der Waals surface area (Å²) in [6.07, 6.45) is 0.317. The third-order valence-corrected chi connectivity index (χ3v) is 3.00. The molecule has 0 aromatic rings. The monoisotopic (exact) mass is 230 g/mol. The van der Waals surface area contributed by atoms with Crippen molar-refractivity contribution in [1.82, 2.24) is 9.80 Å². The number of aliphatic hydroxyl groups is 1. The molecule has 0 saturated carbocycles. The molecule has 1 fully saturated rings. The zero-order chi connectivity index (χ0) is 12.2. The van der Waals surface area contributed by atoms with Crippen molar-refractivity contribution >= 4 is 0 Å². The molecule has 0 radical (unpaired) electrons. The first-order valence-corrected chi connectivity index (χ1v) is 6.21. The van der Waals surface area contributed by atoms with Crippen LogP contribution in [0.3, 0.4) is 0 Å². The summed E-state index contributed by atoms with van der Waals surface area (Å²) in [5, 5.41) is 9.86. The molecule has 0 aromatic carbocycles. The van der Waals surface area contributed by atoms with Gasteiger partial charge in [0.15, 0.2) is 0 Å². The molecule has 1 N–H and O–H groups in total. The van der Waals surface area contributed by atoms with Crippen molar-refractivity contribution in [2.45, 2.75) is 39.5 Å². The fourth-order valence-corrected chi connectivity index (χ4v) is 1.94. The maximum absolute atomic E-state index is 9.86. The van der Waals surface area contributed by atoms with Crippen LogP contribution in [0.25, 0.3) is 0 Å². The Morgan fingerprint density at radius 3 is 2.19 bits per heavy atom. The van der Waals surface area contributed by atoms with Gasteiger partial charge in [0, 0.05) is 32.7 Å². The Hall–Kier alpha value is -0.160. The first-order valence-electron chi connectivity index (χ1n) is 6.21. The van der Waals surface area contributed by atoms with Gasteiger partial charge in [0.2, 0.25) is 0 Å². The standard InChI is InChI=1S/C12H26N2O2/c1-11(2)16-10-9-13-5-7-14(8-6-13)12(3,4)15/h11,15H,5-10H2,1-4H3. The van der Waals surface area contributed by atoms with Crippen molar-refractivity contribution in [3.05, 3.63) is 0 Å². The molecule has 16 heavy (non-hydrogen) atoms. The summed E-state index contributed by atoms with van der Waals surface area (Å²) < 4.78 is 5.53. The molecular formula is C12H26N2O2. The maximum Gasteiger partial charge on any atom is 0.112 e. The van der Waals surface area contributed by atoms with Gasteiger partial charge in [-0.15, -0.1) is 0 Å². The molecule has 0 amide bonds. The van der Waals surface area contributed by atoms with Crippen molar-refractivity contribution in [1.29, 1.82) is 0 Å². The molecule has 1 rings (SSSR count). The summed E-state index contributed by atoms with van der Waals surface area (Å²) in [7, 11) is 0. The van der Waals surface area contributed by atoms with Crippen LogP contribution in [0, 0.1) is 0 Å². The summed E-state index contributed by atoms with van der Waals surface area (Å²) >= 11 is 0. The van der Waals surface area contributed by atoms with Crippen LogP contribution in [0.2, 0.25) is 0 Å². The average molecular weight is 230 g/mol. The molecule has 0 aromatic heterocycles. The van der Waals surface area contributed by atoms with Gasteiger partial charge in [0.1, 0.15) is 5.72 Å². The Morgan fingerprint density at radius 2 is 1.75 bits per heavy atom. The molecule has 1 aliphatic rings. The lowest BCUT2D eigenvalue weighted by Crippen LogP contribution is -2.54. The normalized spacial score (nSPS) is 20.6. The predicted octanol–water partition coefficient (Wildman–Crippen LogP) is 0.757. The summed E-state index contributed by atoms with van der Waals surface area (Å²) in [4.78, 5) is 4.51. The van der Waals surface area contributed by atoms with Crippen LogP contribution >= 0.6 is 0 Å². The van der Waals surface area contributed by atoms with Gasteiger partial charge >= 0.3 is 0 Å². The summed E-state index contributed by atoms with van der Waals surface area (Å²) in [6.45, 7) is 13.5. The minimum Gasteiger partial charge on any atom is -0.377 e. The van der Waals surface area contributed by atoms with E-state index in [2.05, 4.69) is 23.6 Å². The minimum atomic E-state index is -0.680. The van der Waals surface area contributed by atoms with Crippen LogP contribution in [-0.2, 0) is 4.74 Å². The third kappa shape index (κ3) is 4.78. The first kappa shape index (κ1) is 13.9. The van der Waals surface area contributed by atoms with Gasteiger partial charge in [0.25, 0.3) is 0 Å². The highest BCUT2D eigenvalue weighted by atomic mass is 16.5. The smallest absolute Gasteiger partial charge is 0.112 e. The number of hydrogen-bond acceptors (Lipinski definition) is 4. The van der Waals surface area contributed by atoms with Gasteiger partial charge in [-0.25, -0.2) is 0 Å². The van der Waals surface area contributed by atoms with Crippen LogP contribution in [0.15, 0.2) is 0 Å². The Bertz CT molecular complexity index is 194. The fraction of sp³-hybridized carbons (Fsp3) is 1.00. The van der Waals surface area contributed by atoms with Gasteiger partial charge < -0.3 is 9.84 Å². The molecular weight excluding hydrogens is 204 g/mol. The van der Waals surface area contributed by atoms with Crippen molar-refractivity contribution in [3.8, 4) is 0 Å². The number of hydrogen-bond donors (Lipinski definition) is 1. The highest BCUT2D eigenvalue weighted by Crippen LogP contribution is 2.13. The highest BCUT2D eigenvalue weighted by Gasteiger charge is 2.27. The first-order chi connectivity index (χ1) is 7.39. The highest BCUT2D eigenvalue weighted by molar-refractivity contribution is 4.77. The Kier molecular flexibility index (Phi) is 5.18. The lowest BCUT2D eigenvalue weighted by molar-refractivity contribution is -0.0978. The number of ether oxygens (including phenoxy) is 1. The second-order valence-corrected chi connectivity index (χ2v) is 5.24. The molecule has 0 aliphatic carbocycles. The SMILES string of the molecule is CC(C)OCCN1CCN(C(C)(C)O)CC1. The van der Waals surface area contributed by atoms with E-state index in [4.69, 9.17) is 4.74 Å². The van der Waals surface area contributed by atoms with Gasteiger partial charge in [-0.1, -0.05) is 0 Å². The number of rotatable bonds is 5. The molecule has 1 saturated heterocycles. The van der Waals surface area contributed by atoms with E-state index in [-0.39, 0.29) is 0 Å². The summed E-state index contributed by atoms with van der Waals surface area (Å²) in [5.74, 6) is 0. The molecule has 96 valence electrons. The number of piperazine rings is 1. The molecule has 4 heteroatoms. The van der Waals surface area contributed by atoms with E-state index >= 15 is 0 Å². The predicted molar refractivity (Wildman–Crippen MR) is 65.4 cm³/mol. The van der Waals surface area contributed by atoms with Crippen LogP contribution in [-0.4, -0.2) is 66.1 Å². The molecule has 1 aliphatic heterocycles. The van der Waals surface area contributed by atoms with Crippen LogP contribution in [0.1, 0.15) is 27.7 Å². The molecule has 0 unspecified atom stereocenters. The van der Waals surface area contributed by atoms with Crippen molar-refractivity contribution in [2.24, 2.45) is 0 Å². The quantitative estimate of drug-likeness (QED) is 0.756. The topological polar surface area (TPSA) is 35.9 Å². The molecule has 0 bridgehead atoms. The average Bonchev–Trinajstić information content (AvgIpc) is 2.16.